The van der Waals surface area contributed by atoms with E-state index in [-0.39, 0.29) is 0 Å². The van der Waals surface area contributed by atoms with Crippen LogP contribution in [0.25, 0.3) is 22.4 Å². The first-order valence-corrected chi connectivity index (χ1v) is 9.10. The molecule has 1 heterocycles. The molecule has 26 heavy (non-hydrogen) atoms. The SMILES string of the molecule is CCSc1ccccc1-c1nc2cc(C(C)(F)C(F)(F)F)ccc2n1C. The molecule has 0 aliphatic carbocycles. The maximum absolute atomic E-state index is 14.3. The molecule has 3 rings (SSSR count). The summed E-state index contributed by atoms with van der Waals surface area (Å²) < 4.78 is 55.1. The number of aryl methyl sites for hydroxylation is 1. The van der Waals surface area contributed by atoms with Gasteiger partial charge >= 0.3 is 6.18 Å². The highest BCUT2D eigenvalue weighted by Crippen LogP contribution is 2.43. The Kier molecular flexibility index (Phi) is 4.77. The van der Waals surface area contributed by atoms with E-state index in [1.165, 1.54) is 18.2 Å². The monoisotopic (exact) mass is 382 g/mol. The molecule has 0 aliphatic rings. The number of imidazole rings is 1. The molecule has 2 nitrogen and oxygen atoms in total. The molecule has 0 spiro atoms. The summed E-state index contributed by atoms with van der Waals surface area (Å²) in [6.45, 7) is 2.58. The molecule has 0 N–H and O–H groups in total. The zero-order chi connectivity index (χ0) is 19.1. The Labute approximate surface area is 153 Å². The molecule has 1 unspecified atom stereocenters. The Morgan fingerprint density at radius 2 is 1.77 bits per heavy atom. The second-order valence-electron chi connectivity index (χ2n) is 6.13. The Bertz CT molecular complexity index is 944. The fourth-order valence-corrected chi connectivity index (χ4v) is 3.63. The van der Waals surface area contributed by atoms with Gasteiger partial charge in [0.2, 0.25) is 5.67 Å². The van der Waals surface area contributed by atoms with Crippen LogP contribution in [-0.4, -0.2) is 21.5 Å². The molecule has 0 saturated carbocycles. The number of nitrogens with zero attached hydrogens (tertiary/aromatic N) is 2. The average molecular weight is 382 g/mol. The molecular weight excluding hydrogens is 364 g/mol. The van der Waals surface area contributed by atoms with Crippen molar-refractivity contribution in [2.75, 3.05) is 5.75 Å². The maximum Gasteiger partial charge on any atom is 0.426 e. The molecule has 0 aliphatic heterocycles. The standard InChI is InChI=1S/C19H18F4N2S/c1-4-26-16-8-6-5-7-13(16)17-24-14-11-12(9-10-15(14)25(17)3)18(2,20)19(21,22)23/h5-11H,4H2,1-3H3. The van der Waals surface area contributed by atoms with E-state index >= 15 is 0 Å². The number of thioether (sulfide) groups is 1. The molecule has 0 bridgehead atoms. The number of fused-ring (bicyclic) bond motifs is 1. The number of rotatable bonds is 4. The minimum atomic E-state index is -4.98. The minimum absolute atomic E-state index is 0.337. The maximum atomic E-state index is 14.3. The topological polar surface area (TPSA) is 17.8 Å². The first-order chi connectivity index (χ1) is 12.2. The third kappa shape index (κ3) is 3.09. The van der Waals surface area contributed by atoms with Gasteiger partial charge in [-0.2, -0.15) is 13.2 Å². The van der Waals surface area contributed by atoms with Crippen LogP contribution in [0.1, 0.15) is 19.4 Å². The first-order valence-electron chi connectivity index (χ1n) is 8.11. The fourth-order valence-electron chi connectivity index (χ4n) is 2.83. The molecular formula is C19H18F4N2S. The third-order valence-electron chi connectivity index (χ3n) is 4.38. The zero-order valence-corrected chi connectivity index (χ0v) is 15.4. The quantitative estimate of drug-likeness (QED) is 0.401. The Hall–Kier alpha value is -2.02. The predicted octanol–water partition coefficient (Wildman–Crippen LogP) is 6.10. The van der Waals surface area contributed by atoms with Gasteiger partial charge in [-0.1, -0.05) is 31.2 Å². The normalized spacial score (nSPS) is 14.6. The fraction of sp³-hybridized carbons (Fsp3) is 0.316. The first kappa shape index (κ1) is 18.8. The van der Waals surface area contributed by atoms with Crippen LogP contribution in [0.4, 0.5) is 17.6 Å². The van der Waals surface area contributed by atoms with Crippen LogP contribution >= 0.6 is 11.8 Å². The van der Waals surface area contributed by atoms with E-state index in [4.69, 9.17) is 0 Å². The molecule has 0 amide bonds. The predicted molar refractivity (Wildman–Crippen MR) is 97.1 cm³/mol. The van der Waals surface area contributed by atoms with Gasteiger partial charge in [-0.25, -0.2) is 9.37 Å². The summed E-state index contributed by atoms with van der Waals surface area (Å²) in [7, 11) is 1.80. The average Bonchev–Trinajstić information content (AvgIpc) is 2.91. The van der Waals surface area contributed by atoms with Gasteiger partial charge in [0, 0.05) is 23.1 Å². The van der Waals surface area contributed by atoms with E-state index in [1.54, 1.807) is 18.8 Å². The van der Waals surface area contributed by atoms with Crippen molar-refractivity contribution in [3.63, 3.8) is 0 Å². The van der Waals surface area contributed by atoms with Gasteiger partial charge in [0.15, 0.2) is 0 Å². The summed E-state index contributed by atoms with van der Waals surface area (Å²) in [5, 5.41) is 0. The zero-order valence-electron chi connectivity index (χ0n) is 14.6. The van der Waals surface area contributed by atoms with Crippen LogP contribution in [0.15, 0.2) is 47.4 Å². The van der Waals surface area contributed by atoms with Crippen molar-refractivity contribution in [1.82, 2.24) is 9.55 Å². The summed E-state index contributed by atoms with van der Waals surface area (Å²) in [4.78, 5) is 5.54. The number of alkyl halides is 4. The summed E-state index contributed by atoms with van der Waals surface area (Å²) >= 11 is 1.66. The molecule has 2 aromatic carbocycles. The van der Waals surface area contributed by atoms with E-state index in [9.17, 15) is 17.6 Å². The van der Waals surface area contributed by atoms with E-state index < -0.39 is 17.4 Å². The van der Waals surface area contributed by atoms with Crippen molar-refractivity contribution < 1.29 is 17.6 Å². The van der Waals surface area contributed by atoms with Crippen LogP contribution in [-0.2, 0) is 12.7 Å². The Balaban J connectivity index is 2.16. The molecule has 0 saturated heterocycles. The summed E-state index contributed by atoms with van der Waals surface area (Å²) in [6, 6.07) is 11.6. The van der Waals surface area contributed by atoms with Gasteiger partial charge in [0.1, 0.15) is 5.82 Å². The number of benzene rings is 2. The lowest BCUT2D eigenvalue weighted by atomic mass is 9.97. The molecule has 0 radical (unpaired) electrons. The van der Waals surface area contributed by atoms with Crippen LogP contribution < -0.4 is 0 Å². The van der Waals surface area contributed by atoms with Crippen LogP contribution in [0.5, 0.6) is 0 Å². The smallest absolute Gasteiger partial charge is 0.327 e. The van der Waals surface area contributed by atoms with Gasteiger partial charge in [0.25, 0.3) is 0 Å². The van der Waals surface area contributed by atoms with Gasteiger partial charge in [-0.05, 0) is 30.9 Å². The summed E-state index contributed by atoms with van der Waals surface area (Å²) in [6.07, 6.45) is -4.98. The largest absolute Gasteiger partial charge is 0.426 e. The van der Waals surface area contributed by atoms with E-state index in [1.807, 2.05) is 35.8 Å². The van der Waals surface area contributed by atoms with Crippen molar-refractivity contribution in [3.05, 3.63) is 48.0 Å². The third-order valence-corrected chi connectivity index (χ3v) is 5.34. The molecule has 7 heteroatoms. The lowest BCUT2D eigenvalue weighted by Gasteiger charge is -2.23. The molecule has 3 aromatic rings. The van der Waals surface area contributed by atoms with Gasteiger partial charge < -0.3 is 4.57 Å². The molecule has 138 valence electrons. The second-order valence-corrected chi connectivity index (χ2v) is 7.43. The van der Waals surface area contributed by atoms with Crippen LogP contribution in [0.2, 0.25) is 0 Å². The van der Waals surface area contributed by atoms with Crippen LogP contribution in [0, 0.1) is 0 Å². The lowest BCUT2D eigenvalue weighted by molar-refractivity contribution is -0.228. The number of hydrogen-bond acceptors (Lipinski definition) is 2. The van der Waals surface area contributed by atoms with Gasteiger partial charge in [-0.3, -0.25) is 0 Å². The highest BCUT2D eigenvalue weighted by atomic mass is 32.2. The van der Waals surface area contributed by atoms with Crippen molar-refractivity contribution in [1.29, 1.82) is 0 Å². The van der Waals surface area contributed by atoms with E-state index in [0.717, 1.165) is 16.2 Å². The van der Waals surface area contributed by atoms with Crippen molar-refractivity contribution in [2.24, 2.45) is 7.05 Å². The summed E-state index contributed by atoms with van der Waals surface area (Å²) in [5.41, 5.74) is -1.98. The Morgan fingerprint density at radius 1 is 1.08 bits per heavy atom. The van der Waals surface area contributed by atoms with Crippen molar-refractivity contribution >= 4 is 22.8 Å². The molecule has 1 aromatic heterocycles. The Morgan fingerprint density at radius 3 is 2.42 bits per heavy atom. The molecule has 0 fully saturated rings. The number of hydrogen-bond donors (Lipinski definition) is 0. The highest BCUT2D eigenvalue weighted by Gasteiger charge is 2.53. The van der Waals surface area contributed by atoms with Crippen molar-refractivity contribution in [2.45, 2.75) is 30.6 Å². The van der Waals surface area contributed by atoms with E-state index in [2.05, 4.69) is 4.98 Å². The second kappa shape index (κ2) is 6.61. The lowest BCUT2D eigenvalue weighted by Crippen LogP contribution is -2.34. The number of aromatic nitrogens is 2. The summed E-state index contributed by atoms with van der Waals surface area (Å²) in [5.74, 6) is 1.53. The number of halogens is 4. The van der Waals surface area contributed by atoms with Crippen LogP contribution in [0.3, 0.4) is 0 Å². The van der Waals surface area contributed by atoms with Gasteiger partial charge in [0.05, 0.1) is 11.0 Å². The minimum Gasteiger partial charge on any atom is -0.327 e. The van der Waals surface area contributed by atoms with Gasteiger partial charge in [-0.15, -0.1) is 11.8 Å². The van der Waals surface area contributed by atoms with E-state index in [0.29, 0.717) is 23.8 Å². The highest BCUT2D eigenvalue weighted by molar-refractivity contribution is 7.99. The van der Waals surface area contributed by atoms with Crippen molar-refractivity contribution in [3.8, 4) is 11.4 Å². The molecule has 1 atom stereocenters.